The molecule has 76 heavy (non-hydrogen) atoms. The monoisotopic (exact) mass is 1060 g/mol. The fraction of sp³-hybridized carbons (Fsp3) is 0.814. The van der Waals surface area contributed by atoms with E-state index in [4.69, 9.17) is 14.2 Å². The highest BCUT2D eigenvalue weighted by Gasteiger charge is 2.19. The second-order valence-electron chi connectivity index (χ2n) is 22.4. The van der Waals surface area contributed by atoms with E-state index in [2.05, 4.69) is 81.5 Å². The van der Waals surface area contributed by atoms with Crippen molar-refractivity contribution in [2.45, 2.75) is 354 Å². The van der Waals surface area contributed by atoms with Gasteiger partial charge in [-0.1, -0.05) is 313 Å². The third-order valence-electron chi connectivity index (χ3n) is 14.8. The molecule has 0 aromatic heterocycles. The van der Waals surface area contributed by atoms with Gasteiger partial charge in [0, 0.05) is 19.3 Å². The van der Waals surface area contributed by atoms with Crippen molar-refractivity contribution in [3.05, 3.63) is 60.8 Å². The summed E-state index contributed by atoms with van der Waals surface area (Å²) >= 11 is 0. The Hall–Kier alpha value is -2.89. The van der Waals surface area contributed by atoms with E-state index in [-0.39, 0.29) is 37.5 Å². The Bertz CT molecular complexity index is 1360. The molecule has 442 valence electrons. The summed E-state index contributed by atoms with van der Waals surface area (Å²) in [6.45, 7) is 6.49. The van der Waals surface area contributed by atoms with E-state index in [0.29, 0.717) is 19.3 Å². The number of hydrogen-bond donors (Lipinski definition) is 0. The first-order valence-corrected chi connectivity index (χ1v) is 33.3. The predicted octanol–water partition coefficient (Wildman–Crippen LogP) is 22.7. The molecule has 0 aliphatic heterocycles. The molecular weight excluding hydrogens is 937 g/mol. The normalized spacial score (nSPS) is 12.4. The molecule has 0 N–H and O–H groups in total. The van der Waals surface area contributed by atoms with Crippen LogP contribution in [0, 0.1) is 0 Å². The lowest BCUT2D eigenvalue weighted by Gasteiger charge is -2.18. The number of unbranched alkanes of at least 4 members (excludes halogenated alkanes) is 40. The van der Waals surface area contributed by atoms with Crippen molar-refractivity contribution >= 4 is 17.9 Å². The number of carbonyl (C=O) groups excluding carboxylic acids is 3. The summed E-state index contributed by atoms with van der Waals surface area (Å²) in [7, 11) is 0. The van der Waals surface area contributed by atoms with E-state index in [1.807, 2.05) is 0 Å². The second kappa shape index (κ2) is 64.6. The zero-order valence-corrected chi connectivity index (χ0v) is 50.8. The van der Waals surface area contributed by atoms with Crippen LogP contribution in [0.15, 0.2) is 60.8 Å². The predicted molar refractivity (Wildman–Crippen MR) is 330 cm³/mol. The van der Waals surface area contributed by atoms with Crippen LogP contribution in [0.3, 0.4) is 0 Å². The SMILES string of the molecule is CC/C=C\C/C=C\C/C=C\C/C=C\CCCCC(=O)OC(COC(=O)CCCCCCC/C=C\CCCC)COC(=O)CCCCCCCCCCCCCCCCCCCCCCCCCCCCCCCCCC. The average molecular weight is 1060 g/mol. The van der Waals surface area contributed by atoms with Gasteiger partial charge in [0.05, 0.1) is 0 Å². The third-order valence-corrected chi connectivity index (χ3v) is 14.8. The number of ether oxygens (including phenoxy) is 3. The van der Waals surface area contributed by atoms with E-state index in [1.54, 1.807) is 0 Å². The van der Waals surface area contributed by atoms with E-state index in [1.165, 1.54) is 218 Å². The van der Waals surface area contributed by atoms with Gasteiger partial charge < -0.3 is 14.2 Å². The van der Waals surface area contributed by atoms with E-state index in [9.17, 15) is 14.4 Å². The minimum absolute atomic E-state index is 0.0909. The molecule has 6 nitrogen and oxygen atoms in total. The maximum atomic E-state index is 12.8. The van der Waals surface area contributed by atoms with Crippen LogP contribution in [0.2, 0.25) is 0 Å². The Morgan fingerprint density at radius 1 is 0.276 bits per heavy atom. The molecule has 0 rings (SSSR count). The van der Waals surface area contributed by atoms with Crippen LogP contribution in [0.25, 0.3) is 0 Å². The molecule has 1 atom stereocenters. The molecule has 0 aliphatic carbocycles. The summed E-state index contributed by atoms with van der Waals surface area (Å²) in [5.74, 6) is -0.929. The lowest BCUT2D eigenvalue weighted by atomic mass is 10.0. The van der Waals surface area contributed by atoms with E-state index >= 15 is 0 Å². The summed E-state index contributed by atoms with van der Waals surface area (Å²) in [6, 6.07) is 0. The Balaban J connectivity index is 4.09. The maximum absolute atomic E-state index is 12.8. The minimum atomic E-state index is -0.798. The van der Waals surface area contributed by atoms with Gasteiger partial charge in [-0.25, -0.2) is 0 Å². The summed E-state index contributed by atoms with van der Waals surface area (Å²) in [4.78, 5) is 38.2. The Labute approximate surface area is 472 Å². The van der Waals surface area contributed by atoms with Gasteiger partial charge >= 0.3 is 17.9 Å². The first kappa shape index (κ1) is 73.1. The smallest absolute Gasteiger partial charge is 0.306 e. The molecule has 0 bridgehead atoms. The topological polar surface area (TPSA) is 78.9 Å². The maximum Gasteiger partial charge on any atom is 0.306 e. The molecule has 1 unspecified atom stereocenters. The van der Waals surface area contributed by atoms with Crippen LogP contribution in [0.1, 0.15) is 348 Å². The largest absolute Gasteiger partial charge is 0.462 e. The quantitative estimate of drug-likeness (QED) is 0.0261. The highest BCUT2D eigenvalue weighted by atomic mass is 16.6. The number of allylic oxidation sites excluding steroid dienone is 10. The van der Waals surface area contributed by atoms with Crippen molar-refractivity contribution in [2.75, 3.05) is 13.2 Å². The average Bonchev–Trinajstić information content (AvgIpc) is 3.42. The summed E-state index contributed by atoms with van der Waals surface area (Å²) in [6.07, 6.45) is 82.8. The van der Waals surface area contributed by atoms with E-state index in [0.717, 1.165) is 83.5 Å². The van der Waals surface area contributed by atoms with Gasteiger partial charge in [-0.05, 0) is 77.0 Å². The highest BCUT2D eigenvalue weighted by Crippen LogP contribution is 2.18. The van der Waals surface area contributed by atoms with Gasteiger partial charge in [-0.2, -0.15) is 0 Å². The first-order valence-electron chi connectivity index (χ1n) is 33.3. The molecule has 0 amide bonds. The van der Waals surface area contributed by atoms with Gasteiger partial charge in [-0.15, -0.1) is 0 Å². The van der Waals surface area contributed by atoms with Gasteiger partial charge in [0.15, 0.2) is 6.10 Å². The zero-order valence-electron chi connectivity index (χ0n) is 50.8. The van der Waals surface area contributed by atoms with Crippen LogP contribution in [-0.4, -0.2) is 37.2 Å². The lowest BCUT2D eigenvalue weighted by molar-refractivity contribution is -0.167. The second-order valence-corrected chi connectivity index (χ2v) is 22.4. The molecule has 0 aromatic rings. The standard InChI is InChI=1S/C70H126O6/c1-4-7-10-13-16-19-22-24-26-27-28-29-30-31-32-33-34-35-36-37-38-39-40-41-42-44-45-48-51-54-57-60-63-69(72)75-66-67(65-74-68(71)62-59-56-53-50-47-21-18-15-12-9-6-3)76-70(73)64-61-58-55-52-49-46-43-25-23-20-17-14-11-8-5-2/h8,11,15,17-18,20,25,43,49,52,67H,4-7,9-10,12-14,16,19,21-24,26-42,44-48,50-51,53-66H2,1-3H3/b11-8-,18-15-,20-17-,43-25-,52-49-. The van der Waals surface area contributed by atoms with E-state index < -0.39 is 6.10 Å². The van der Waals surface area contributed by atoms with Crippen molar-refractivity contribution in [1.29, 1.82) is 0 Å². The van der Waals surface area contributed by atoms with Crippen LogP contribution in [-0.2, 0) is 28.6 Å². The molecule has 0 radical (unpaired) electrons. The number of rotatable bonds is 61. The lowest BCUT2D eigenvalue weighted by Crippen LogP contribution is -2.30. The van der Waals surface area contributed by atoms with Crippen molar-refractivity contribution in [2.24, 2.45) is 0 Å². The molecule has 0 fully saturated rings. The van der Waals surface area contributed by atoms with Gasteiger partial charge in [0.25, 0.3) is 0 Å². The summed E-state index contributed by atoms with van der Waals surface area (Å²) in [5, 5.41) is 0. The summed E-state index contributed by atoms with van der Waals surface area (Å²) < 4.78 is 16.8. The fourth-order valence-electron chi connectivity index (χ4n) is 9.77. The molecule has 6 heteroatoms. The van der Waals surface area contributed by atoms with Crippen molar-refractivity contribution in [3.8, 4) is 0 Å². The van der Waals surface area contributed by atoms with Crippen LogP contribution in [0.4, 0.5) is 0 Å². The van der Waals surface area contributed by atoms with Gasteiger partial charge in [0.1, 0.15) is 13.2 Å². The van der Waals surface area contributed by atoms with Crippen molar-refractivity contribution < 1.29 is 28.6 Å². The van der Waals surface area contributed by atoms with Gasteiger partial charge in [0.2, 0.25) is 0 Å². The molecule has 0 aromatic carbocycles. The van der Waals surface area contributed by atoms with Crippen molar-refractivity contribution in [1.82, 2.24) is 0 Å². The molecule has 0 saturated carbocycles. The highest BCUT2D eigenvalue weighted by molar-refractivity contribution is 5.71. The molecular formula is C70H126O6. The first-order chi connectivity index (χ1) is 37.5. The molecule has 0 saturated heterocycles. The minimum Gasteiger partial charge on any atom is -0.462 e. The van der Waals surface area contributed by atoms with Crippen LogP contribution < -0.4 is 0 Å². The fourth-order valence-corrected chi connectivity index (χ4v) is 9.77. The van der Waals surface area contributed by atoms with Crippen molar-refractivity contribution in [3.63, 3.8) is 0 Å². The Kier molecular flexibility index (Phi) is 62.2. The summed E-state index contributed by atoms with van der Waals surface area (Å²) in [5.41, 5.74) is 0. The zero-order chi connectivity index (χ0) is 55.0. The number of hydrogen-bond acceptors (Lipinski definition) is 6. The van der Waals surface area contributed by atoms with Gasteiger partial charge in [-0.3, -0.25) is 14.4 Å². The molecule has 0 aliphatic rings. The Morgan fingerprint density at radius 3 is 0.882 bits per heavy atom. The Morgan fingerprint density at radius 2 is 0.526 bits per heavy atom. The number of esters is 3. The van der Waals surface area contributed by atoms with Crippen LogP contribution in [0.5, 0.6) is 0 Å². The molecule has 0 heterocycles. The number of carbonyl (C=O) groups is 3. The third kappa shape index (κ3) is 62.0. The molecule has 0 spiro atoms. The van der Waals surface area contributed by atoms with Crippen LogP contribution >= 0.6 is 0 Å².